The summed E-state index contributed by atoms with van der Waals surface area (Å²) < 4.78 is 5.80. The van der Waals surface area contributed by atoms with Crippen LogP contribution in [-0.2, 0) is 11.3 Å². The van der Waals surface area contributed by atoms with E-state index < -0.39 is 11.9 Å². The van der Waals surface area contributed by atoms with Crippen molar-refractivity contribution in [3.8, 4) is 5.75 Å². The topological polar surface area (TPSA) is 78.9 Å². The van der Waals surface area contributed by atoms with E-state index >= 15 is 0 Å². The van der Waals surface area contributed by atoms with Crippen LogP contribution in [0.1, 0.15) is 32.8 Å². The van der Waals surface area contributed by atoms with Crippen molar-refractivity contribution in [2.24, 2.45) is 17.8 Å². The molecule has 1 aromatic carbocycles. The third-order valence-corrected chi connectivity index (χ3v) is 4.27. The SMILES string of the molecule is CC(C)COc1ccccc1CNC(=O)N1CC(C)CC(C(=O)O)C1. The van der Waals surface area contributed by atoms with Gasteiger partial charge in [0.15, 0.2) is 0 Å². The number of carbonyl (C=O) groups is 2. The fraction of sp³-hybridized carbons (Fsp3) is 0.579. The van der Waals surface area contributed by atoms with E-state index in [1.54, 1.807) is 4.90 Å². The second-order valence-corrected chi connectivity index (χ2v) is 7.25. The third kappa shape index (κ3) is 5.66. The highest BCUT2D eigenvalue weighted by molar-refractivity contribution is 5.76. The summed E-state index contributed by atoms with van der Waals surface area (Å²) in [5.74, 6) is 0.0487. The molecule has 1 heterocycles. The van der Waals surface area contributed by atoms with Gasteiger partial charge < -0.3 is 20.1 Å². The Labute approximate surface area is 149 Å². The second kappa shape index (κ2) is 8.74. The number of likely N-dealkylation sites (tertiary alicyclic amines) is 1. The van der Waals surface area contributed by atoms with Gasteiger partial charge in [0.2, 0.25) is 0 Å². The Morgan fingerprint density at radius 3 is 2.72 bits per heavy atom. The van der Waals surface area contributed by atoms with Gasteiger partial charge in [0.1, 0.15) is 5.75 Å². The van der Waals surface area contributed by atoms with E-state index in [0.717, 1.165) is 11.3 Å². The number of amides is 2. The number of urea groups is 1. The maximum atomic E-state index is 12.4. The molecular formula is C19H28N2O4. The Hall–Kier alpha value is -2.24. The number of carboxylic acids is 1. The lowest BCUT2D eigenvalue weighted by Gasteiger charge is -2.34. The quantitative estimate of drug-likeness (QED) is 0.828. The minimum absolute atomic E-state index is 0.183. The molecule has 0 bridgehead atoms. The largest absolute Gasteiger partial charge is 0.493 e. The molecule has 1 saturated heterocycles. The van der Waals surface area contributed by atoms with Gasteiger partial charge in [-0.15, -0.1) is 0 Å². The number of ether oxygens (including phenoxy) is 1. The number of benzene rings is 1. The maximum absolute atomic E-state index is 12.4. The van der Waals surface area contributed by atoms with Gasteiger partial charge in [0.05, 0.1) is 12.5 Å². The van der Waals surface area contributed by atoms with Gasteiger partial charge in [-0.1, -0.05) is 39.0 Å². The van der Waals surface area contributed by atoms with Crippen molar-refractivity contribution in [3.63, 3.8) is 0 Å². The van der Waals surface area contributed by atoms with E-state index in [1.165, 1.54) is 0 Å². The van der Waals surface area contributed by atoms with Crippen molar-refractivity contribution < 1.29 is 19.4 Å². The van der Waals surface area contributed by atoms with Crippen molar-refractivity contribution in [1.82, 2.24) is 10.2 Å². The number of nitrogens with zero attached hydrogens (tertiary/aromatic N) is 1. The number of hydrogen-bond acceptors (Lipinski definition) is 3. The Kier molecular flexibility index (Phi) is 6.67. The average Bonchev–Trinajstić information content (AvgIpc) is 2.57. The summed E-state index contributed by atoms with van der Waals surface area (Å²) in [5, 5.41) is 12.1. The zero-order valence-corrected chi connectivity index (χ0v) is 15.2. The third-order valence-electron chi connectivity index (χ3n) is 4.27. The predicted molar refractivity (Wildman–Crippen MR) is 95.5 cm³/mol. The summed E-state index contributed by atoms with van der Waals surface area (Å²) in [6, 6.07) is 7.41. The molecule has 1 aromatic rings. The highest BCUT2D eigenvalue weighted by Gasteiger charge is 2.31. The summed E-state index contributed by atoms with van der Waals surface area (Å²) in [4.78, 5) is 25.3. The molecule has 1 aliphatic rings. The predicted octanol–water partition coefficient (Wildman–Crippen LogP) is 2.97. The van der Waals surface area contributed by atoms with Gasteiger partial charge in [-0.3, -0.25) is 4.79 Å². The number of nitrogens with one attached hydrogen (secondary N) is 1. The lowest BCUT2D eigenvalue weighted by atomic mass is 9.91. The number of aliphatic carboxylic acids is 1. The van der Waals surface area contributed by atoms with Crippen LogP contribution >= 0.6 is 0 Å². The normalized spacial score (nSPS) is 20.4. The molecule has 138 valence electrons. The van der Waals surface area contributed by atoms with Gasteiger partial charge in [-0.2, -0.15) is 0 Å². The fourth-order valence-corrected chi connectivity index (χ4v) is 3.03. The fourth-order valence-electron chi connectivity index (χ4n) is 3.03. The van der Waals surface area contributed by atoms with Crippen LogP contribution in [-0.4, -0.2) is 41.7 Å². The first-order valence-corrected chi connectivity index (χ1v) is 8.83. The van der Waals surface area contributed by atoms with E-state index in [2.05, 4.69) is 19.2 Å². The van der Waals surface area contributed by atoms with Gasteiger partial charge in [-0.05, 0) is 24.3 Å². The molecule has 1 aliphatic heterocycles. The van der Waals surface area contributed by atoms with Crippen molar-refractivity contribution in [3.05, 3.63) is 29.8 Å². The molecule has 0 saturated carbocycles. The molecule has 2 N–H and O–H groups in total. The molecule has 2 atom stereocenters. The first-order chi connectivity index (χ1) is 11.9. The molecular weight excluding hydrogens is 320 g/mol. The molecule has 25 heavy (non-hydrogen) atoms. The van der Waals surface area contributed by atoms with Crippen LogP contribution in [0.15, 0.2) is 24.3 Å². The van der Waals surface area contributed by atoms with Crippen molar-refractivity contribution in [2.75, 3.05) is 19.7 Å². The summed E-state index contributed by atoms with van der Waals surface area (Å²) in [5.41, 5.74) is 0.913. The van der Waals surface area contributed by atoms with Gasteiger partial charge in [-0.25, -0.2) is 4.79 Å². The Morgan fingerprint density at radius 2 is 2.04 bits per heavy atom. The molecule has 0 spiro atoms. The van der Waals surface area contributed by atoms with Gasteiger partial charge in [0, 0.05) is 25.2 Å². The number of carbonyl (C=O) groups excluding carboxylic acids is 1. The minimum Gasteiger partial charge on any atom is -0.493 e. The van der Waals surface area contributed by atoms with Crippen LogP contribution < -0.4 is 10.1 Å². The van der Waals surface area contributed by atoms with Crippen LogP contribution in [0.4, 0.5) is 4.79 Å². The van der Waals surface area contributed by atoms with Gasteiger partial charge >= 0.3 is 12.0 Å². The molecule has 6 heteroatoms. The highest BCUT2D eigenvalue weighted by Crippen LogP contribution is 2.22. The second-order valence-electron chi connectivity index (χ2n) is 7.25. The first kappa shape index (κ1) is 19.1. The van der Waals surface area contributed by atoms with Crippen molar-refractivity contribution in [1.29, 1.82) is 0 Å². The molecule has 1 fully saturated rings. The molecule has 2 amide bonds. The zero-order chi connectivity index (χ0) is 18.4. The minimum atomic E-state index is -0.836. The molecule has 0 radical (unpaired) electrons. The van der Waals surface area contributed by atoms with E-state index in [-0.39, 0.29) is 18.5 Å². The van der Waals surface area contributed by atoms with Crippen LogP contribution in [0, 0.1) is 17.8 Å². The number of para-hydroxylation sites is 1. The number of hydrogen-bond donors (Lipinski definition) is 2. The van der Waals surface area contributed by atoms with E-state index in [1.807, 2.05) is 31.2 Å². The Balaban J connectivity index is 1.94. The summed E-state index contributed by atoms with van der Waals surface area (Å²) in [6.07, 6.45) is 0.616. The monoisotopic (exact) mass is 348 g/mol. The maximum Gasteiger partial charge on any atom is 0.317 e. The lowest BCUT2D eigenvalue weighted by molar-refractivity contribution is -0.143. The Bertz CT molecular complexity index is 603. The summed E-state index contributed by atoms with van der Waals surface area (Å²) >= 11 is 0. The summed E-state index contributed by atoms with van der Waals surface area (Å²) in [7, 11) is 0. The molecule has 2 rings (SSSR count). The number of piperidine rings is 1. The standard InChI is InChI=1S/C19H28N2O4/c1-13(2)12-25-17-7-5-4-6-15(17)9-20-19(24)21-10-14(3)8-16(11-21)18(22)23/h4-7,13-14,16H,8-12H2,1-3H3,(H,20,24)(H,22,23). The van der Waals surface area contributed by atoms with Crippen LogP contribution in [0.5, 0.6) is 5.75 Å². The van der Waals surface area contributed by atoms with E-state index in [9.17, 15) is 14.7 Å². The van der Waals surface area contributed by atoms with E-state index in [0.29, 0.717) is 32.0 Å². The average molecular weight is 348 g/mol. The smallest absolute Gasteiger partial charge is 0.317 e. The van der Waals surface area contributed by atoms with Crippen molar-refractivity contribution >= 4 is 12.0 Å². The van der Waals surface area contributed by atoms with Crippen LogP contribution in [0.3, 0.4) is 0 Å². The first-order valence-electron chi connectivity index (χ1n) is 8.83. The number of carboxylic acid groups (broad SMARTS) is 1. The number of rotatable bonds is 6. The lowest BCUT2D eigenvalue weighted by Crippen LogP contribution is -2.49. The van der Waals surface area contributed by atoms with Crippen LogP contribution in [0.2, 0.25) is 0 Å². The van der Waals surface area contributed by atoms with Gasteiger partial charge in [0.25, 0.3) is 0 Å². The summed E-state index contributed by atoms with van der Waals surface area (Å²) in [6.45, 7) is 7.97. The van der Waals surface area contributed by atoms with Crippen molar-refractivity contribution in [2.45, 2.75) is 33.7 Å². The van der Waals surface area contributed by atoms with Crippen LogP contribution in [0.25, 0.3) is 0 Å². The molecule has 6 nitrogen and oxygen atoms in total. The zero-order valence-electron chi connectivity index (χ0n) is 15.2. The molecule has 0 aliphatic carbocycles. The van der Waals surface area contributed by atoms with E-state index in [4.69, 9.17) is 4.74 Å². The molecule has 2 unspecified atom stereocenters. The molecule has 0 aromatic heterocycles. The Morgan fingerprint density at radius 1 is 1.32 bits per heavy atom. The highest BCUT2D eigenvalue weighted by atomic mass is 16.5.